The third kappa shape index (κ3) is 7.82. The molecule has 2 heteroatoms. The third-order valence-electron chi connectivity index (χ3n) is 1.60. The van der Waals surface area contributed by atoms with Crippen LogP contribution in [0, 0.1) is 11.8 Å². The Labute approximate surface area is 70.8 Å². The maximum Gasteiger partial charge on any atom is -0.00109 e. The summed E-state index contributed by atoms with van der Waals surface area (Å²) in [5.74, 6) is 1.50. The van der Waals surface area contributed by atoms with Crippen LogP contribution in [-0.4, -0.2) is 26.7 Å². The molecule has 0 fully saturated rings. The molecule has 0 rings (SSSR count). The lowest BCUT2D eigenvalue weighted by Crippen LogP contribution is -2.29. The van der Waals surface area contributed by atoms with Crippen molar-refractivity contribution < 1.29 is 0 Å². The summed E-state index contributed by atoms with van der Waals surface area (Å²) in [5.41, 5.74) is 0. The Hall–Kier alpha value is -0.0800. The molecule has 1 unspecified atom stereocenters. The Morgan fingerprint density at radius 2 is 1.64 bits per heavy atom. The molecule has 0 aromatic rings. The topological polar surface area (TPSA) is 24.1 Å². The number of nitrogens with one attached hydrogen (secondary N) is 2. The van der Waals surface area contributed by atoms with Gasteiger partial charge in [-0.15, -0.1) is 0 Å². The second-order valence-corrected chi connectivity index (χ2v) is 3.71. The van der Waals surface area contributed by atoms with Gasteiger partial charge < -0.3 is 10.6 Å². The summed E-state index contributed by atoms with van der Waals surface area (Å²) < 4.78 is 0. The van der Waals surface area contributed by atoms with Crippen LogP contribution in [-0.2, 0) is 0 Å². The first-order valence-electron chi connectivity index (χ1n) is 4.52. The molecule has 0 aromatic heterocycles. The van der Waals surface area contributed by atoms with Crippen LogP contribution in [0.15, 0.2) is 0 Å². The van der Waals surface area contributed by atoms with Gasteiger partial charge in [-0.3, -0.25) is 0 Å². The molecule has 0 heterocycles. The molecule has 0 aromatic carbocycles. The molecule has 0 bridgehead atoms. The monoisotopic (exact) mass is 158 g/mol. The highest BCUT2D eigenvalue weighted by Gasteiger charge is 1.99. The molecule has 0 saturated heterocycles. The van der Waals surface area contributed by atoms with Gasteiger partial charge in [-0.25, -0.2) is 0 Å². The van der Waals surface area contributed by atoms with Crippen LogP contribution in [0.4, 0.5) is 0 Å². The van der Waals surface area contributed by atoms with Crippen molar-refractivity contribution in [3.8, 4) is 0 Å². The zero-order valence-electron chi connectivity index (χ0n) is 8.28. The fraction of sp³-hybridized carbons (Fsp3) is 1.00. The highest BCUT2D eigenvalue weighted by atomic mass is 14.9. The Morgan fingerprint density at radius 1 is 1.00 bits per heavy atom. The van der Waals surface area contributed by atoms with Gasteiger partial charge in [0.05, 0.1) is 0 Å². The van der Waals surface area contributed by atoms with Crippen molar-refractivity contribution >= 4 is 0 Å². The van der Waals surface area contributed by atoms with Gasteiger partial charge >= 0.3 is 0 Å². The van der Waals surface area contributed by atoms with Crippen molar-refractivity contribution in [3.63, 3.8) is 0 Å². The van der Waals surface area contributed by atoms with E-state index >= 15 is 0 Å². The minimum Gasteiger partial charge on any atom is -0.319 e. The second kappa shape index (κ2) is 6.62. The molecule has 1 atom stereocenters. The van der Waals surface area contributed by atoms with Gasteiger partial charge in [-0.05, 0) is 38.5 Å². The summed E-state index contributed by atoms with van der Waals surface area (Å²) in [7, 11) is 2.00. The molecule has 0 spiro atoms. The van der Waals surface area contributed by atoms with E-state index in [-0.39, 0.29) is 0 Å². The van der Waals surface area contributed by atoms with E-state index in [4.69, 9.17) is 0 Å². The van der Waals surface area contributed by atoms with Crippen LogP contribution in [0.3, 0.4) is 0 Å². The van der Waals surface area contributed by atoms with Gasteiger partial charge in [0.1, 0.15) is 0 Å². The van der Waals surface area contributed by atoms with Gasteiger partial charge in [-0.2, -0.15) is 0 Å². The number of hydrogen-bond acceptors (Lipinski definition) is 2. The first-order valence-corrected chi connectivity index (χ1v) is 4.52. The summed E-state index contributed by atoms with van der Waals surface area (Å²) in [6.07, 6.45) is 0. The molecule has 2 nitrogen and oxygen atoms in total. The molecule has 11 heavy (non-hydrogen) atoms. The van der Waals surface area contributed by atoms with Crippen LogP contribution >= 0.6 is 0 Å². The maximum atomic E-state index is 3.43. The molecule has 0 amide bonds. The lowest BCUT2D eigenvalue weighted by molar-refractivity contribution is 0.462. The Morgan fingerprint density at radius 3 is 2.09 bits per heavy atom. The average Bonchev–Trinajstić information content (AvgIpc) is 1.87. The summed E-state index contributed by atoms with van der Waals surface area (Å²) in [4.78, 5) is 0. The van der Waals surface area contributed by atoms with E-state index in [1.165, 1.54) is 0 Å². The van der Waals surface area contributed by atoms with E-state index < -0.39 is 0 Å². The van der Waals surface area contributed by atoms with Crippen molar-refractivity contribution in [2.75, 3.05) is 26.7 Å². The van der Waals surface area contributed by atoms with Crippen LogP contribution in [0.1, 0.15) is 20.8 Å². The first kappa shape index (κ1) is 10.9. The molecule has 0 saturated carbocycles. The van der Waals surface area contributed by atoms with Gasteiger partial charge in [0.15, 0.2) is 0 Å². The molecule has 68 valence electrons. The van der Waals surface area contributed by atoms with Gasteiger partial charge in [-0.1, -0.05) is 20.8 Å². The minimum atomic E-state index is 0.735. The number of rotatable bonds is 6. The van der Waals surface area contributed by atoms with Crippen molar-refractivity contribution in [1.82, 2.24) is 10.6 Å². The summed E-state index contributed by atoms with van der Waals surface area (Å²) in [6, 6.07) is 0. The first-order chi connectivity index (χ1) is 5.16. The average molecular weight is 158 g/mol. The Bertz CT molecular complexity index is 81.6. The third-order valence-corrected chi connectivity index (χ3v) is 1.60. The van der Waals surface area contributed by atoms with E-state index in [2.05, 4.69) is 31.4 Å². The minimum absolute atomic E-state index is 0.735. The molecule has 0 aliphatic carbocycles. The SMILES string of the molecule is CNCC(C)CNCC(C)C. The van der Waals surface area contributed by atoms with E-state index in [1.807, 2.05) is 7.05 Å². The Balaban J connectivity index is 3.10. The molecule has 0 aliphatic heterocycles. The predicted molar refractivity (Wildman–Crippen MR) is 50.8 cm³/mol. The lowest BCUT2D eigenvalue weighted by Gasteiger charge is -2.12. The van der Waals surface area contributed by atoms with E-state index in [0.29, 0.717) is 0 Å². The quantitative estimate of drug-likeness (QED) is 0.604. The molecule has 2 N–H and O–H groups in total. The summed E-state index contributed by atoms with van der Waals surface area (Å²) in [5, 5.41) is 6.59. The van der Waals surface area contributed by atoms with E-state index in [9.17, 15) is 0 Å². The van der Waals surface area contributed by atoms with Crippen LogP contribution < -0.4 is 10.6 Å². The Kier molecular flexibility index (Phi) is 6.57. The molecule has 0 aliphatic rings. The van der Waals surface area contributed by atoms with E-state index in [1.54, 1.807) is 0 Å². The van der Waals surface area contributed by atoms with Crippen molar-refractivity contribution in [2.45, 2.75) is 20.8 Å². The maximum absolute atomic E-state index is 3.43. The van der Waals surface area contributed by atoms with Crippen LogP contribution in [0.25, 0.3) is 0 Å². The zero-order valence-corrected chi connectivity index (χ0v) is 8.28. The fourth-order valence-electron chi connectivity index (χ4n) is 1.04. The smallest absolute Gasteiger partial charge is 0.00109 e. The van der Waals surface area contributed by atoms with Crippen LogP contribution in [0.2, 0.25) is 0 Å². The highest BCUT2D eigenvalue weighted by molar-refractivity contribution is 4.59. The molecule has 0 radical (unpaired) electrons. The summed E-state index contributed by atoms with van der Waals surface area (Å²) >= 11 is 0. The summed E-state index contributed by atoms with van der Waals surface area (Å²) in [6.45, 7) is 10.1. The predicted octanol–water partition coefficient (Wildman–Crippen LogP) is 1.09. The van der Waals surface area contributed by atoms with Crippen LogP contribution in [0.5, 0.6) is 0 Å². The van der Waals surface area contributed by atoms with Gasteiger partial charge in [0, 0.05) is 0 Å². The lowest BCUT2D eigenvalue weighted by atomic mass is 10.1. The molecular formula is C9H22N2. The highest BCUT2D eigenvalue weighted by Crippen LogP contribution is 1.91. The fourth-order valence-corrected chi connectivity index (χ4v) is 1.04. The van der Waals surface area contributed by atoms with E-state index in [0.717, 1.165) is 31.5 Å². The van der Waals surface area contributed by atoms with Crippen molar-refractivity contribution in [2.24, 2.45) is 11.8 Å². The zero-order chi connectivity index (χ0) is 8.69. The second-order valence-electron chi connectivity index (χ2n) is 3.71. The van der Waals surface area contributed by atoms with Crippen molar-refractivity contribution in [1.29, 1.82) is 0 Å². The largest absolute Gasteiger partial charge is 0.319 e. The van der Waals surface area contributed by atoms with Gasteiger partial charge in [0.2, 0.25) is 0 Å². The van der Waals surface area contributed by atoms with Gasteiger partial charge in [0.25, 0.3) is 0 Å². The number of hydrogen-bond donors (Lipinski definition) is 2. The normalized spacial score (nSPS) is 13.9. The standard InChI is InChI=1S/C9H22N2/c1-8(2)5-11-7-9(3)6-10-4/h8-11H,5-7H2,1-4H3. The molecular weight excluding hydrogens is 136 g/mol. The van der Waals surface area contributed by atoms with Crippen molar-refractivity contribution in [3.05, 3.63) is 0 Å².